The van der Waals surface area contributed by atoms with Gasteiger partial charge in [0.05, 0.1) is 6.26 Å². The predicted molar refractivity (Wildman–Crippen MR) is 82.7 cm³/mol. The third kappa shape index (κ3) is 4.24. The van der Waals surface area contributed by atoms with Crippen LogP contribution in [-0.4, -0.2) is 20.5 Å². The number of carbonyl (C=O) groups excluding carboxylic acids is 1. The van der Waals surface area contributed by atoms with Crippen LogP contribution in [0.4, 0.5) is 0 Å². The Labute approximate surface area is 124 Å². The molecule has 2 rings (SSSR count). The van der Waals surface area contributed by atoms with Crippen LogP contribution in [0.5, 0.6) is 0 Å². The Morgan fingerprint density at radius 3 is 2.24 bits per heavy atom. The molecule has 1 atom stereocenters. The van der Waals surface area contributed by atoms with Gasteiger partial charge in [-0.1, -0.05) is 48.5 Å². The summed E-state index contributed by atoms with van der Waals surface area (Å²) < 4.78 is 25.1. The zero-order valence-corrected chi connectivity index (χ0v) is 12.7. The molecule has 0 fully saturated rings. The number of sulfonamides is 1. The standard InChI is InChI=1S/C16H17NO3S/c1-12(17-21(2,19)20)14-9-6-10-15(11-14)16(18)13-7-4-3-5-8-13/h3-12,17H,1-2H3/t12-/m1/s1. The van der Waals surface area contributed by atoms with Crippen LogP contribution in [0.2, 0.25) is 0 Å². The lowest BCUT2D eigenvalue weighted by molar-refractivity contribution is 0.103. The Balaban J connectivity index is 2.28. The van der Waals surface area contributed by atoms with E-state index in [0.717, 1.165) is 11.8 Å². The van der Waals surface area contributed by atoms with Crippen LogP contribution in [0.25, 0.3) is 0 Å². The van der Waals surface area contributed by atoms with Gasteiger partial charge in [0.2, 0.25) is 10.0 Å². The van der Waals surface area contributed by atoms with Crippen LogP contribution in [-0.2, 0) is 10.0 Å². The molecule has 0 aromatic heterocycles. The summed E-state index contributed by atoms with van der Waals surface area (Å²) in [6.07, 6.45) is 1.11. The highest BCUT2D eigenvalue weighted by Crippen LogP contribution is 2.17. The van der Waals surface area contributed by atoms with E-state index in [1.165, 1.54) is 0 Å². The number of hydrogen-bond donors (Lipinski definition) is 1. The van der Waals surface area contributed by atoms with E-state index in [-0.39, 0.29) is 11.8 Å². The highest BCUT2D eigenvalue weighted by molar-refractivity contribution is 7.88. The monoisotopic (exact) mass is 303 g/mol. The van der Waals surface area contributed by atoms with E-state index < -0.39 is 10.0 Å². The summed E-state index contributed by atoms with van der Waals surface area (Å²) in [5, 5.41) is 0. The lowest BCUT2D eigenvalue weighted by atomic mass is 9.99. The van der Waals surface area contributed by atoms with E-state index in [1.54, 1.807) is 43.3 Å². The number of benzene rings is 2. The van der Waals surface area contributed by atoms with Gasteiger partial charge in [0, 0.05) is 17.2 Å². The summed E-state index contributed by atoms with van der Waals surface area (Å²) in [7, 11) is -3.29. The van der Waals surface area contributed by atoms with Gasteiger partial charge in [-0.2, -0.15) is 0 Å². The molecule has 0 heterocycles. The van der Waals surface area contributed by atoms with Gasteiger partial charge in [-0.15, -0.1) is 0 Å². The van der Waals surface area contributed by atoms with Crippen LogP contribution in [0.3, 0.4) is 0 Å². The Morgan fingerprint density at radius 2 is 1.62 bits per heavy atom. The van der Waals surface area contributed by atoms with Crippen LogP contribution in [0, 0.1) is 0 Å². The summed E-state index contributed by atoms with van der Waals surface area (Å²) in [6, 6.07) is 15.6. The second-order valence-corrected chi connectivity index (χ2v) is 6.71. The highest BCUT2D eigenvalue weighted by atomic mass is 32.2. The summed E-state index contributed by atoms with van der Waals surface area (Å²) in [5.74, 6) is -0.0796. The van der Waals surface area contributed by atoms with Crippen molar-refractivity contribution in [1.29, 1.82) is 0 Å². The Morgan fingerprint density at radius 1 is 1.00 bits per heavy atom. The van der Waals surface area contributed by atoms with Crippen molar-refractivity contribution in [1.82, 2.24) is 4.72 Å². The van der Waals surface area contributed by atoms with Crippen molar-refractivity contribution < 1.29 is 13.2 Å². The molecule has 2 aromatic carbocycles. The molecule has 4 nitrogen and oxygen atoms in total. The molecule has 0 bridgehead atoms. The van der Waals surface area contributed by atoms with E-state index >= 15 is 0 Å². The van der Waals surface area contributed by atoms with Crippen molar-refractivity contribution in [2.75, 3.05) is 6.26 Å². The van der Waals surface area contributed by atoms with E-state index in [0.29, 0.717) is 11.1 Å². The first kappa shape index (κ1) is 15.4. The molecule has 0 amide bonds. The number of hydrogen-bond acceptors (Lipinski definition) is 3. The number of rotatable bonds is 5. The molecule has 0 saturated heterocycles. The molecule has 0 spiro atoms. The zero-order valence-electron chi connectivity index (χ0n) is 11.9. The van der Waals surface area contributed by atoms with Crippen molar-refractivity contribution in [2.45, 2.75) is 13.0 Å². The molecule has 0 aliphatic rings. The summed E-state index contributed by atoms with van der Waals surface area (Å²) in [6.45, 7) is 1.74. The maximum absolute atomic E-state index is 12.4. The van der Waals surface area contributed by atoms with E-state index in [1.807, 2.05) is 18.2 Å². The number of nitrogens with one attached hydrogen (secondary N) is 1. The molecule has 0 radical (unpaired) electrons. The topological polar surface area (TPSA) is 63.2 Å². The highest BCUT2D eigenvalue weighted by Gasteiger charge is 2.14. The first-order valence-corrected chi connectivity index (χ1v) is 8.43. The molecule has 0 aliphatic carbocycles. The van der Waals surface area contributed by atoms with Gasteiger partial charge in [0.25, 0.3) is 0 Å². The average Bonchev–Trinajstić information content (AvgIpc) is 2.46. The Kier molecular flexibility index (Phi) is 4.55. The molecular formula is C16H17NO3S. The SMILES string of the molecule is C[C@@H](NS(C)(=O)=O)c1cccc(C(=O)c2ccccc2)c1. The second-order valence-electron chi connectivity index (χ2n) is 4.93. The fourth-order valence-corrected chi connectivity index (χ4v) is 2.87. The van der Waals surface area contributed by atoms with Crippen molar-refractivity contribution in [2.24, 2.45) is 0 Å². The van der Waals surface area contributed by atoms with Gasteiger partial charge in [0.1, 0.15) is 0 Å². The summed E-state index contributed by atoms with van der Waals surface area (Å²) in [4.78, 5) is 12.4. The summed E-state index contributed by atoms with van der Waals surface area (Å²) >= 11 is 0. The van der Waals surface area contributed by atoms with Crippen molar-refractivity contribution in [3.63, 3.8) is 0 Å². The van der Waals surface area contributed by atoms with Gasteiger partial charge < -0.3 is 0 Å². The van der Waals surface area contributed by atoms with Crippen molar-refractivity contribution in [3.8, 4) is 0 Å². The maximum Gasteiger partial charge on any atom is 0.209 e. The number of carbonyl (C=O) groups is 1. The van der Waals surface area contributed by atoms with E-state index in [9.17, 15) is 13.2 Å². The summed E-state index contributed by atoms with van der Waals surface area (Å²) in [5.41, 5.74) is 1.90. The minimum absolute atomic E-state index is 0.0796. The number of ketones is 1. The third-order valence-corrected chi connectivity index (χ3v) is 3.86. The molecule has 1 N–H and O–H groups in total. The van der Waals surface area contributed by atoms with Gasteiger partial charge >= 0.3 is 0 Å². The average molecular weight is 303 g/mol. The Hall–Kier alpha value is -1.98. The normalized spacial score (nSPS) is 12.9. The van der Waals surface area contributed by atoms with Gasteiger partial charge in [-0.05, 0) is 18.6 Å². The fraction of sp³-hybridized carbons (Fsp3) is 0.188. The zero-order chi connectivity index (χ0) is 15.5. The molecule has 2 aromatic rings. The van der Waals surface area contributed by atoms with Crippen LogP contribution in [0.15, 0.2) is 54.6 Å². The van der Waals surface area contributed by atoms with Crippen LogP contribution >= 0.6 is 0 Å². The smallest absolute Gasteiger partial charge is 0.209 e. The third-order valence-electron chi connectivity index (χ3n) is 3.08. The van der Waals surface area contributed by atoms with Gasteiger partial charge in [-0.3, -0.25) is 4.79 Å². The fourth-order valence-electron chi connectivity index (χ4n) is 2.09. The molecule has 5 heteroatoms. The first-order chi connectivity index (χ1) is 9.87. The lowest BCUT2D eigenvalue weighted by Crippen LogP contribution is -2.25. The maximum atomic E-state index is 12.4. The predicted octanol–water partition coefficient (Wildman–Crippen LogP) is 2.53. The van der Waals surface area contributed by atoms with Gasteiger partial charge in [0.15, 0.2) is 5.78 Å². The van der Waals surface area contributed by atoms with Crippen molar-refractivity contribution in [3.05, 3.63) is 71.3 Å². The van der Waals surface area contributed by atoms with Crippen LogP contribution < -0.4 is 4.72 Å². The largest absolute Gasteiger partial charge is 0.289 e. The second kappa shape index (κ2) is 6.20. The molecule has 0 unspecified atom stereocenters. The van der Waals surface area contributed by atoms with E-state index in [4.69, 9.17) is 0 Å². The molecular weight excluding hydrogens is 286 g/mol. The van der Waals surface area contributed by atoms with Gasteiger partial charge in [-0.25, -0.2) is 13.1 Å². The minimum Gasteiger partial charge on any atom is -0.289 e. The minimum atomic E-state index is -3.29. The molecule has 21 heavy (non-hydrogen) atoms. The Bertz CT molecular complexity index is 739. The lowest BCUT2D eigenvalue weighted by Gasteiger charge is -2.13. The molecule has 110 valence electrons. The quantitative estimate of drug-likeness (QED) is 0.863. The molecule has 0 aliphatic heterocycles. The van der Waals surface area contributed by atoms with Crippen molar-refractivity contribution >= 4 is 15.8 Å². The first-order valence-electron chi connectivity index (χ1n) is 6.54. The molecule has 0 saturated carbocycles. The van der Waals surface area contributed by atoms with E-state index in [2.05, 4.69) is 4.72 Å². The van der Waals surface area contributed by atoms with Crippen LogP contribution in [0.1, 0.15) is 34.5 Å².